The van der Waals surface area contributed by atoms with Crippen molar-refractivity contribution in [3.63, 3.8) is 0 Å². The molecule has 40 heavy (non-hydrogen) atoms. The molecule has 0 aromatic heterocycles. The molecule has 1 amide bonds. The first-order valence-corrected chi connectivity index (χ1v) is 13.4. The molecule has 0 spiro atoms. The quantitative estimate of drug-likeness (QED) is 0.361. The smallest absolute Gasteiger partial charge is 0.357 e. The Morgan fingerprint density at radius 3 is 2.35 bits per heavy atom. The zero-order valence-corrected chi connectivity index (χ0v) is 22.5. The number of carbonyl (C=O) groups is 2. The first-order chi connectivity index (χ1) is 19.0. The lowest BCUT2D eigenvalue weighted by Crippen LogP contribution is -2.42. The van der Waals surface area contributed by atoms with Crippen LogP contribution in [0.5, 0.6) is 0 Å². The third-order valence-electron chi connectivity index (χ3n) is 7.45. The number of nitrogens with zero attached hydrogens (tertiary/aromatic N) is 1. The number of Topliss-reactive ketones (excluding diaryl/α,β-unsaturated/α-hetero) is 1. The SMILES string of the molecule is CC1(C)CC(=O)C2=C(C1)Nc1ccccc1N(CC(=O)NCCc1ccccc1)C2c1ccc(C(F)(F)F)cc1. The summed E-state index contributed by atoms with van der Waals surface area (Å²) in [6, 6.07) is 21.5. The predicted molar refractivity (Wildman–Crippen MR) is 150 cm³/mol. The monoisotopic (exact) mass is 547 g/mol. The highest BCUT2D eigenvalue weighted by Gasteiger charge is 2.42. The van der Waals surface area contributed by atoms with Crippen molar-refractivity contribution in [1.82, 2.24) is 5.32 Å². The van der Waals surface area contributed by atoms with Gasteiger partial charge in [-0.3, -0.25) is 9.59 Å². The summed E-state index contributed by atoms with van der Waals surface area (Å²) in [5, 5.41) is 6.43. The van der Waals surface area contributed by atoms with E-state index in [9.17, 15) is 22.8 Å². The van der Waals surface area contributed by atoms with Crippen molar-refractivity contribution in [3.8, 4) is 0 Å². The molecule has 5 nitrogen and oxygen atoms in total. The van der Waals surface area contributed by atoms with E-state index in [2.05, 4.69) is 10.6 Å². The van der Waals surface area contributed by atoms with Crippen LogP contribution in [0.15, 0.2) is 90.1 Å². The van der Waals surface area contributed by atoms with E-state index in [0.29, 0.717) is 42.6 Å². The van der Waals surface area contributed by atoms with E-state index in [0.717, 1.165) is 29.1 Å². The van der Waals surface area contributed by atoms with Crippen LogP contribution >= 0.6 is 0 Å². The van der Waals surface area contributed by atoms with Gasteiger partial charge in [-0.05, 0) is 53.6 Å². The minimum atomic E-state index is -4.48. The Hall–Kier alpha value is -4.07. The van der Waals surface area contributed by atoms with Crippen LogP contribution in [0.3, 0.4) is 0 Å². The molecule has 8 heteroatoms. The maximum absolute atomic E-state index is 13.7. The molecule has 1 unspecified atom stereocenters. The van der Waals surface area contributed by atoms with Gasteiger partial charge in [0.05, 0.1) is 29.5 Å². The van der Waals surface area contributed by atoms with Gasteiger partial charge in [-0.15, -0.1) is 0 Å². The highest BCUT2D eigenvalue weighted by Crippen LogP contribution is 2.48. The van der Waals surface area contributed by atoms with Gasteiger partial charge < -0.3 is 15.5 Å². The normalized spacial score (nSPS) is 18.4. The topological polar surface area (TPSA) is 61.4 Å². The zero-order valence-electron chi connectivity index (χ0n) is 22.5. The number of nitrogens with one attached hydrogen (secondary N) is 2. The molecular formula is C32H32F3N3O2. The number of anilines is 2. The molecule has 208 valence electrons. The number of alkyl halides is 3. The summed E-state index contributed by atoms with van der Waals surface area (Å²) in [6.45, 7) is 4.41. The fraction of sp³-hybridized carbons (Fsp3) is 0.312. The van der Waals surface area contributed by atoms with Gasteiger partial charge in [0.2, 0.25) is 5.91 Å². The molecule has 3 aromatic rings. The maximum atomic E-state index is 13.7. The molecule has 0 fully saturated rings. The number of carbonyl (C=O) groups excluding carboxylic acids is 2. The second-order valence-corrected chi connectivity index (χ2v) is 11.2. The standard InChI is InChI=1S/C32H32F3N3O2/c1-31(2)18-25-29(27(39)19-31)30(22-12-14-23(15-13-22)32(33,34)35)38(26-11-7-6-10-24(26)37-25)20-28(40)36-17-16-21-8-4-3-5-9-21/h3-15,30,37H,16-20H2,1-2H3,(H,36,40). The first kappa shape index (κ1) is 27.5. The van der Waals surface area contributed by atoms with Crippen molar-refractivity contribution in [1.29, 1.82) is 0 Å². The Kier molecular flexibility index (Phi) is 7.45. The largest absolute Gasteiger partial charge is 0.416 e. The molecule has 1 aliphatic carbocycles. The summed E-state index contributed by atoms with van der Waals surface area (Å²) in [4.78, 5) is 28.9. The van der Waals surface area contributed by atoms with Gasteiger partial charge in [0.25, 0.3) is 0 Å². The van der Waals surface area contributed by atoms with Gasteiger partial charge in [0.15, 0.2) is 5.78 Å². The number of allylic oxidation sites excluding steroid dienone is 1. The number of rotatable bonds is 6. The Balaban J connectivity index is 1.54. The molecular weight excluding hydrogens is 515 g/mol. The average Bonchev–Trinajstić information content (AvgIpc) is 3.02. The molecule has 0 bridgehead atoms. The summed E-state index contributed by atoms with van der Waals surface area (Å²) in [5.41, 5.74) is 3.24. The van der Waals surface area contributed by atoms with Crippen LogP contribution in [0, 0.1) is 5.41 Å². The van der Waals surface area contributed by atoms with Crippen LogP contribution in [0.4, 0.5) is 24.5 Å². The van der Waals surface area contributed by atoms with Gasteiger partial charge in [-0.2, -0.15) is 13.2 Å². The first-order valence-electron chi connectivity index (χ1n) is 13.4. The van der Waals surface area contributed by atoms with Crippen LogP contribution in [0.1, 0.15) is 49.4 Å². The van der Waals surface area contributed by atoms with Crippen molar-refractivity contribution in [3.05, 3.63) is 107 Å². The molecule has 1 heterocycles. The third kappa shape index (κ3) is 5.91. The minimum Gasteiger partial charge on any atom is -0.357 e. The van der Waals surface area contributed by atoms with Crippen molar-refractivity contribution in [2.75, 3.05) is 23.3 Å². The van der Waals surface area contributed by atoms with Crippen LogP contribution < -0.4 is 15.5 Å². The van der Waals surface area contributed by atoms with E-state index < -0.39 is 17.8 Å². The Labute approximate surface area is 232 Å². The number of hydrogen-bond donors (Lipinski definition) is 2. The zero-order chi connectivity index (χ0) is 28.5. The molecule has 1 atom stereocenters. The van der Waals surface area contributed by atoms with E-state index in [4.69, 9.17) is 0 Å². The lowest BCUT2D eigenvalue weighted by molar-refractivity contribution is -0.137. The van der Waals surface area contributed by atoms with Crippen LogP contribution in [0.2, 0.25) is 0 Å². The van der Waals surface area contributed by atoms with Crippen molar-refractivity contribution in [2.24, 2.45) is 5.41 Å². The molecule has 5 rings (SSSR count). The predicted octanol–water partition coefficient (Wildman–Crippen LogP) is 6.68. The maximum Gasteiger partial charge on any atom is 0.416 e. The number of benzene rings is 3. The van der Waals surface area contributed by atoms with Gasteiger partial charge in [0, 0.05) is 24.2 Å². The molecule has 1 aliphatic heterocycles. The number of halogens is 3. The Morgan fingerprint density at radius 1 is 0.975 bits per heavy atom. The molecule has 2 N–H and O–H groups in total. The molecule has 0 radical (unpaired) electrons. The second-order valence-electron chi connectivity index (χ2n) is 11.2. The van der Waals surface area contributed by atoms with Crippen LogP contribution in [-0.2, 0) is 22.2 Å². The van der Waals surface area contributed by atoms with E-state index in [1.165, 1.54) is 12.1 Å². The van der Waals surface area contributed by atoms with E-state index in [1.54, 1.807) is 0 Å². The van der Waals surface area contributed by atoms with Crippen LogP contribution in [0.25, 0.3) is 0 Å². The summed E-state index contributed by atoms with van der Waals surface area (Å²) in [6.07, 6.45) is -2.92. The Bertz CT molecular complexity index is 1430. The number of ketones is 1. The number of amides is 1. The van der Waals surface area contributed by atoms with Gasteiger partial charge in [0.1, 0.15) is 0 Å². The lowest BCUT2D eigenvalue weighted by Gasteiger charge is -2.38. The summed E-state index contributed by atoms with van der Waals surface area (Å²) in [5.74, 6) is -0.318. The summed E-state index contributed by atoms with van der Waals surface area (Å²) in [7, 11) is 0. The lowest BCUT2D eigenvalue weighted by atomic mass is 9.73. The number of para-hydroxylation sites is 2. The molecule has 0 saturated heterocycles. The van der Waals surface area contributed by atoms with Gasteiger partial charge in [-0.25, -0.2) is 0 Å². The van der Waals surface area contributed by atoms with Gasteiger partial charge in [-0.1, -0.05) is 68.4 Å². The Morgan fingerprint density at radius 2 is 1.65 bits per heavy atom. The average molecular weight is 548 g/mol. The van der Waals surface area contributed by atoms with Crippen molar-refractivity contribution < 1.29 is 22.8 Å². The molecule has 0 saturated carbocycles. The number of fused-ring (bicyclic) bond motifs is 1. The third-order valence-corrected chi connectivity index (χ3v) is 7.45. The second kappa shape index (κ2) is 10.8. The van der Waals surface area contributed by atoms with Crippen molar-refractivity contribution in [2.45, 2.75) is 45.3 Å². The highest BCUT2D eigenvalue weighted by molar-refractivity contribution is 6.01. The summed E-state index contributed by atoms with van der Waals surface area (Å²) < 4.78 is 40.2. The van der Waals surface area contributed by atoms with E-state index in [1.807, 2.05) is 73.3 Å². The molecule has 2 aliphatic rings. The van der Waals surface area contributed by atoms with Crippen LogP contribution in [-0.4, -0.2) is 24.8 Å². The summed E-state index contributed by atoms with van der Waals surface area (Å²) >= 11 is 0. The van der Waals surface area contributed by atoms with Gasteiger partial charge >= 0.3 is 6.18 Å². The number of hydrogen-bond acceptors (Lipinski definition) is 4. The fourth-order valence-corrected chi connectivity index (χ4v) is 5.63. The minimum absolute atomic E-state index is 0.0768. The highest BCUT2D eigenvalue weighted by atomic mass is 19.4. The molecule has 3 aromatic carbocycles. The van der Waals surface area contributed by atoms with Crippen molar-refractivity contribution >= 4 is 23.1 Å². The van der Waals surface area contributed by atoms with E-state index in [-0.39, 0.29) is 23.7 Å². The fourth-order valence-electron chi connectivity index (χ4n) is 5.63. The van der Waals surface area contributed by atoms with E-state index >= 15 is 0 Å².